The Balaban J connectivity index is 1.68. The highest BCUT2D eigenvalue weighted by Crippen LogP contribution is 2.47. The molecule has 3 aliphatic heterocycles. The Morgan fingerprint density at radius 2 is 1.97 bits per heavy atom. The maximum Gasteiger partial charge on any atom is 0.276 e. The zero-order chi connectivity index (χ0) is 22.6. The Bertz CT molecular complexity index is 968. The van der Waals surface area contributed by atoms with Gasteiger partial charge >= 0.3 is 0 Å². The molecular formula is C22H26FN3O5. The van der Waals surface area contributed by atoms with Gasteiger partial charge in [-0.1, -0.05) is 32.9 Å². The van der Waals surface area contributed by atoms with Crippen LogP contribution < -0.4 is 5.32 Å². The first kappa shape index (κ1) is 21.3. The Morgan fingerprint density at radius 1 is 1.29 bits per heavy atom. The molecule has 8 nitrogen and oxygen atoms in total. The molecule has 2 atom stereocenters. The van der Waals surface area contributed by atoms with Gasteiger partial charge in [-0.25, -0.2) is 4.39 Å². The lowest BCUT2D eigenvalue weighted by Gasteiger charge is -2.50. The minimum atomic E-state index is -1.62. The van der Waals surface area contributed by atoms with E-state index in [0.717, 1.165) is 0 Å². The van der Waals surface area contributed by atoms with Gasteiger partial charge in [-0.2, -0.15) is 0 Å². The number of hydrogen-bond acceptors (Lipinski definition) is 6. The summed E-state index contributed by atoms with van der Waals surface area (Å²) in [4.78, 5) is 42.8. The van der Waals surface area contributed by atoms with Gasteiger partial charge in [-0.05, 0) is 23.1 Å². The summed E-state index contributed by atoms with van der Waals surface area (Å²) < 4.78 is 18.8. The fourth-order valence-electron chi connectivity index (χ4n) is 4.55. The Labute approximate surface area is 179 Å². The van der Waals surface area contributed by atoms with Crippen molar-refractivity contribution in [1.29, 1.82) is 0 Å². The van der Waals surface area contributed by atoms with E-state index in [2.05, 4.69) is 5.32 Å². The number of amides is 2. The topological polar surface area (TPSA) is 99.2 Å². The SMILES string of the molecule is CC(C)(C)C1(C(=O)NCc2ccc(F)cc2)CN2C[C@H]3OCCN3C(=O)C2=C(O)C1=O. The molecular weight excluding hydrogens is 405 g/mol. The van der Waals surface area contributed by atoms with E-state index >= 15 is 0 Å². The smallest absolute Gasteiger partial charge is 0.276 e. The van der Waals surface area contributed by atoms with Crippen molar-refractivity contribution in [3.8, 4) is 0 Å². The number of ether oxygens (including phenoxy) is 1. The number of aliphatic hydroxyl groups excluding tert-OH is 1. The summed E-state index contributed by atoms with van der Waals surface area (Å²) in [5.41, 5.74) is -1.89. The number of carbonyl (C=O) groups is 3. The lowest BCUT2D eigenvalue weighted by Crippen LogP contribution is -2.66. The van der Waals surface area contributed by atoms with Crippen LogP contribution in [0.1, 0.15) is 26.3 Å². The van der Waals surface area contributed by atoms with Crippen LogP contribution in [-0.4, -0.2) is 65.0 Å². The van der Waals surface area contributed by atoms with Gasteiger partial charge in [0.2, 0.25) is 11.7 Å². The van der Waals surface area contributed by atoms with Crippen LogP contribution in [0.5, 0.6) is 0 Å². The third kappa shape index (κ3) is 3.27. The van der Waals surface area contributed by atoms with E-state index in [-0.39, 0.29) is 31.1 Å². The molecule has 0 radical (unpaired) electrons. The van der Waals surface area contributed by atoms with Gasteiger partial charge in [-0.15, -0.1) is 0 Å². The number of carbonyl (C=O) groups excluding carboxylic acids is 3. The maximum absolute atomic E-state index is 13.5. The van der Waals surface area contributed by atoms with Crippen LogP contribution in [0.2, 0.25) is 0 Å². The van der Waals surface area contributed by atoms with Crippen molar-refractivity contribution in [2.75, 3.05) is 26.2 Å². The molecule has 2 saturated heterocycles. The molecule has 1 aromatic rings. The average molecular weight is 431 g/mol. The summed E-state index contributed by atoms with van der Waals surface area (Å²) in [6.45, 7) is 6.35. The highest BCUT2D eigenvalue weighted by molar-refractivity contribution is 6.17. The van der Waals surface area contributed by atoms with E-state index < -0.39 is 40.4 Å². The number of rotatable bonds is 3. The molecule has 9 heteroatoms. The summed E-state index contributed by atoms with van der Waals surface area (Å²) in [5, 5.41) is 13.6. The maximum atomic E-state index is 13.5. The van der Waals surface area contributed by atoms with Crippen molar-refractivity contribution < 1.29 is 28.6 Å². The van der Waals surface area contributed by atoms with Crippen molar-refractivity contribution in [3.63, 3.8) is 0 Å². The Kier molecular flexibility index (Phi) is 5.04. The van der Waals surface area contributed by atoms with Gasteiger partial charge < -0.3 is 25.0 Å². The first-order valence-corrected chi connectivity index (χ1v) is 10.2. The summed E-state index contributed by atoms with van der Waals surface area (Å²) >= 11 is 0. The molecule has 0 aromatic heterocycles. The van der Waals surface area contributed by atoms with Crippen LogP contribution in [0, 0.1) is 16.6 Å². The second kappa shape index (κ2) is 7.33. The number of piperazine rings is 1. The predicted molar refractivity (Wildman–Crippen MR) is 108 cm³/mol. The van der Waals surface area contributed by atoms with E-state index in [1.807, 2.05) is 0 Å². The molecule has 2 N–H and O–H groups in total. The zero-order valence-electron chi connectivity index (χ0n) is 17.8. The summed E-state index contributed by atoms with van der Waals surface area (Å²) in [7, 11) is 0. The molecule has 3 aliphatic rings. The molecule has 3 heterocycles. The van der Waals surface area contributed by atoms with Crippen molar-refractivity contribution in [2.24, 2.45) is 10.8 Å². The monoisotopic (exact) mass is 431 g/mol. The average Bonchev–Trinajstić information content (AvgIpc) is 3.18. The van der Waals surface area contributed by atoms with Gasteiger partial charge in [0.1, 0.15) is 23.2 Å². The van der Waals surface area contributed by atoms with Crippen molar-refractivity contribution in [3.05, 3.63) is 47.1 Å². The van der Waals surface area contributed by atoms with Gasteiger partial charge in [0.05, 0.1) is 13.2 Å². The van der Waals surface area contributed by atoms with Crippen molar-refractivity contribution in [1.82, 2.24) is 15.1 Å². The summed E-state index contributed by atoms with van der Waals surface area (Å²) in [6.07, 6.45) is -0.475. The second-order valence-electron chi connectivity index (χ2n) is 9.20. The number of halogens is 1. The number of benzene rings is 1. The summed E-state index contributed by atoms with van der Waals surface area (Å²) in [5.74, 6) is -2.86. The van der Waals surface area contributed by atoms with Gasteiger partial charge in [0.25, 0.3) is 5.91 Å². The predicted octanol–water partition coefficient (Wildman–Crippen LogP) is 1.33. The lowest BCUT2D eigenvalue weighted by molar-refractivity contribution is -0.159. The molecule has 31 heavy (non-hydrogen) atoms. The molecule has 1 unspecified atom stereocenters. The lowest BCUT2D eigenvalue weighted by atomic mass is 9.61. The number of ketones is 1. The number of aliphatic hydroxyl groups is 1. The highest BCUT2D eigenvalue weighted by atomic mass is 19.1. The Morgan fingerprint density at radius 3 is 2.61 bits per heavy atom. The van der Waals surface area contributed by atoms with Crippen LogP contribution >= 0.6 is 0 Å². The number of hydrogen-bond donors (Lipinski definition) is 2. The molecule has 0 saturated carbocycles. The van der Waals surface area contributed by atoms with Crippen LogP contribution in [0.4, 0.5) is 4.39 Å². The number of allylic oxidation sites excluding steroid dienone is 1. The van der Waals surface area contributed by atoms with Gasteiger partial charge in [-0.3, -0.25) is 14.4 Å². The standard InChI is InChI=1S/C22H26FN3O5/c1-21(2,3)22(20(30)24-10-13-4-6-14(23)7-5-13)12-25-11-15-26(8-9-31-15)19(29)16(25)17(27)18(22)28/h4-7,15,27H,8-12H2,1-3H3,(H,24,30)/t15-,22?/m1/s1. The van der Waals surface area contributed by atoms with Crippen LogP contribution in [0.15, 0.2) is 35.7 Å². The van der Waals surface area contributed by atoms with E-state index in [0.29, 0.717) is 18.7 Å². The van der Waals surface area contributed by atoms with Crippen LogP contribution in [0.25, 0.3) is 0 Å². The summed E-state index contributed by atoms with van der Waals surface area (Å²) in [6, 6.07) is 5.68. The quantitative estimate of drug-likeness (QED) is 0.701. The molecule has 166 valence electrons. The molecule has 1 aromatic carbocycles. The van der Waals surface area contributed by atoms with E-state index in [1.54, 1.807) is 37.8 Å². The molecule has 0 bridgehead atoms. The third-order valence-corrected chi connectivity index (χ3v) is 6.44. The molecule has 2 fully saturated rings. The number of Topliss-reactive ketones (excluding diaryl/α,β-unsaturated/α-hetero) is 1. The first-order chi connectivity index (χ1) is 14.6. The van der Waals surface area contributed by atoms with Crippen LogP contribution in [0.3, 0.4) is 0 Å². The number of fused-ring (bicyclic) bond motifs is 2. The largest absolute Gasteiger partial charge is 0.503 e. The fraction of sp³-hybridized carbons (Fsp3) is 0.500. The van der Waals surface area contributed by atoms with E-state index in [9.17, 15) is 23.9 Å². The van der Waals surface area contributed by atoms with Crippen LogP contribution in [-0.2, 0) is 25.7 Å². The normalized spacial score (nSPS) is 26.1. The molecule has 4 rings (SSSR count). The third-order valence-electron chi connectivity index (χ3n) is 6.44. The second-order valence-corrected chi connectivity index (χ2v) is 9.20. The zero-order valence-corrected chi connectivity index (χ0v) is 17.8. The van der Waals surface area contributed by atoms with Gasteiger partial charge in [0.15, 0.2) is 5.76 Å². The molecule has 0 spiro atoms. The van der Waals surface area contributed by atoms with Crippen molar-refractivity contribution >= 4 is 17.6 Å². The highest BCUT2D eigenvalue weighted by Gasteiger charge is 2.61. The fourth-order valence-corrected chi connectivity index (χ4v) is 4.55. The minimum Gasteiger partial charge on any atom is -0.503 e. The first-order valence-electron chi connectivity index (χ1n) is 10.2. The molecule has 0 aliphatic carbocycles. The van der Waals surface area contributed by atoms with E-state index in [4.69, 9.17) is 4.74 Å². The minimum absolute atomic E-state index is 0.0522. The number of nitrogens with zero attached hydrogens (tertiary/aromatic N) is 2. The molecule has 2 amide bonds. The Hall–Kier alpha value is -2.94. The van der Waals surface area contributed by atoms with Gasteiger partial charge in [0, 0.05) is 19.6 Å². The number of nitrogens with one attached hydrogen (secondary N) is 1. The van der Waals surface area contributed by atoms with E-state index in [1.165, 1.54) is 17.0 Å². The van der Waals surface area contributed by atoms with Crippen molar-refractivity contribution in [2.45, 2.75) is 33.5 Å².